The third-order valence-electron chi connectivity index (χ3n) is 6.27. The van der Waals surface area contributed by atoms with Crippen molar-refractivity contribution in [1.29, 1.82) is 0 Å². The maximum Gasteiger partial charge on any atom is 0.290 e. The van der Waals surface area contributed by atoms with Gasteiger partial charge in [-0.05, 0) is 42.7 Å². The van der Waals surface area contributed by atoms with Gasteiger partial charge in [-0.2, -0.15) is 0 Å². The SMILES string of the molecule is O=C1CC2(CCN(C(=O)c3cn4cc(Cl)ccc4n3)CC2)CN1Cc1ccncc1.O=CO. The standard InChI is InChI=1S/C22H22ClN5O2.CH2O2/c23-17-1-2-19-25-18(14-27(19)13-17)21(30)26-9-5-22(6-10-26)11-20(29)28(15-22)12-16-3-7-24-8-4-16;2-1-3/h1-4,7-8,13-14H,5-6,9-12,15H2;1H,(H,2,3). The molecule has 2 aliphatic rings. The van der Waals surface area contributed by atoms with Crippen molar-refractivity contribution in [3.8, 4) is 0 Å². The Bertz CT molecular complexity index is 1160. The molecule has 0 aliphatic carbocycles. The molecule has 2 amide bonds. The molecule has 33 heavy (non-hydrogen) atoms. The lowest BCUT2D eigenvalue weighted by Gasteiger charge is -2.38. The van der Waals surface area contributed by atoms with Gasteiger partial charge in [0.1, 0.15) is 11.3 Å². The maximum absolute atomic E-state index is 13.0. The maximum atomic E-state index is 13.0. The summed E-state index contributed by atoms with van der Waals surface area (Å²) in [5, 5.41) is 7.49. The van der Waals surface area contributed by atoms with Crippen molar-refractivity contribution in [2.75, 3.05) is 19.6 Å². The molecule has 1 N–H and O–H groups in total. The molecule has 0 unspecified atom stereocenters. The largest absolute Gasteiger partial charge is 0.483 e. The zero-order chi connectivity index (χ0) is 23.4. The quantitative estimate of drug-likeness (QED) is 0.591. The predicted octanol–water partition coefficient (Wildman–Crippen LogP) is 2.74. The third kappa shape index (κ3) is 4.98. The molecule has 3 aromatic heterocycles. The number of pyridine rings is 2. The van der Waals surface area contributed by atoms with Gasteiger partial charge in [-0.25, -0.2) is 4.98 Å². The number of carbonyl (C=O) groups excluding carboxylic acids is 2. The number of nitrogens with zero attached hydrogens (tertiary/aromatic N) is 5. The highest BCUT2D eigenvalue weighted by Crippen LogP contribution is 2.41. The molecule has 2 aliphatic heterocycles. The number of fused-ring (bicyclic) bond motifs is 1. The molecule has 0 atom stereocenters. The first-order chi connectivity index (χ1) is 15.9. The van der Waals surface area contributed by atoms with Crippen LogP contribution < -0.4 is 0 Å². The van der Waals surface area contributed by atoms with Crippen LogP contribution in [0.15, 0.2) is 49.1 Å². The van der Waals surface area contributed by atoms with E-state index < -0.39 is 0 Å². The van der Waals surface area contributed by atoms with E-state index in [1.807, 2.05) is 21.9 Å². The molecule has 9 nitrogen and oxygen atoms in total. The Morgan fingerprint density at radius 2 is 1.85 bits per heavy atom. The zero-order valence-corrected chi connectivity index (χ0v) is 18.7. The molecular formula is C23H24ClN5O4. The van der Waals surface area contributed by atoms with Gasteiger partial charge in [-0.1, -0.05) is 11.6 Å². The monoisotopic (exact) mass is 469 g/mol. The van der Waals surface area contributed by atoms with E-state index in [1.54, 1.807) is 41.3 Å². The smallest absolute Gasteiger partial charge is 0.290 e. The third-order valence-corrected chi connectivity index (χ3v) is 6.50. The summed E-state index contributed by atoms with van der Waals surface area (Å²) < 4.78 is 1.77. The van der Waals surface area contributed by atoms with E-state index in [0.29, 0.717) is 42.4 Å². The first kappa shape index (κ1) is 22.7. The number of halogens is 1. The van der Waals surface area contributed by atoms with Crippen LogP contribution in [-0.2, 0) is 16.1 Å². The van der Waals surface area contributed by atoms with E-state index in [9.17, 15) is 9.59 Å². The normalized spacial score (nSPS) is 17.2. The second-order valence-corrected chi connectivity index (χ2v) is 8.86. The van der Waals surface area contributed by atoms with Crippen molar-refractivity contribution >= 4 is 35.5 Å². The molecule has 10 heteroatoms. The molecule has 3 aromatic rings. The summed E-state index contributed by atoms with van der Waals surface area (Å²) in [7, 11) is 0. The van der Waals surface area contributed by atoms with Crippen molar-refractivity contribution < 1.29 is 19.5 Å². The predicted molar refractivity (Wildman–Crippen MR) is 121 cm³/mol. The van der Waals surface area contributed by atoms with Gasteiger partial charge in [0.2, 0.25) is 5.91 Å². The van der Waals surface area contributed by atoms with Crippen molar-refractivity contribution in [3.05, 3.63) is 65.3 Å². The fourth-order valence-electron chi connectivity index (χ4n) is 4.58. The highest BCUT2D eigenvalue weighted by molar-refractivity contribution is 6.30. The van der Waals surface area contributed by atoms with E-state index in [0.717, 1.165) is 24.9 Å². The summed E-state index contributed by atoms with van der Waals surface area (Å²) in [5.41, 5.74) is 2.18. The highest BCUT2D eigenvalue weighted by Gasteiger charge is 2.45. The molecule has 1 spiro atoms. The van der Waals surface area contributed by atoms with E-state index in [1.165, 1.54) is 0 Å². The van der Waals surface area contributed by atoms with Gasteiger partial charge >= 0.3 is 0 Å². The van der Waals surface area contributed by atoms with Crippen LogP contribution in [0.3, 0.4) is 0 Å². The minimum Gasteiger partial charge on any atom is -0.483 e. The van der Waals surface area contributed by atoms with Crippen molar-refractivity contribution in [3.63, 3.8) is 0 Å². The summed E-state index contributed by atoms with van der Waals surface area (Å²) >= 11 is 6.02. The Labute approximate surface area is 195 Å². The summed E-state index contributed by atoms with van der Waals surface area (Å²) in [6.07, 6.45) is 9.20. The summed E-state index contributed by atoms with van der Waals surface area (Å²) in [6.45, 7) is 2.41. The van der Waals surface area contributed by atoms with Crippen LogP contribution in [0.4, 0.5) is 0 Å². The molecule has 0 saturated carbocycles. The molecule has 2 saturated heterocycles. The first-order valence-electron chi connectivity index (χ1n) is 10.6. The van der Waals surface area contributed by atoms with Gasteiger partial charge in [0.15, 0.2) is 0 Å². The molecule has 5 rings (SSSR count). The molecule has 0 bridgehead atoms. The number of hydrogen-bond donors (Lipinski definition) is 1. The highest BCUT2D eigenvalue weighted by atomic mass is 35.5. The van der Waals surface area contributed by atoms with Crippen molar-refractivity contribution in [2.24, 2.45) is 5.41 Å². The Hall–Kier alpha value is -3.46. The van der Waals surface area contributed by atoms with Crippen molar-refractivity contribution in [2.45, 2.75) is 25.8 Å². The molecular weight excluding hydrogens is 446 g/mol. The van der Waals surface area contributed by atoms with Crippen LogP contribution in [0, 0.1) is 5.41 Å². The lowest BCUT2D eigenvalue weighted by atomic mass is 9.77. The number of rotatable bonds is 3. The topological polar surface area (TPSA) is 108 Å². The second-order valence-electron chi connectivity index (χ2n) is 8.42. The minimum absolute atomic E-state index is 0.0344. The summed E-state index contributed by atoms with van der Waals surface area (Å²) in [6, 6.07) is 7.45. The Morgan fingerprint density at radius 3 is 2.55 bits per heavy atom. The number of carboxylic acid groups (broad SMARTS) is 1. The van der Waals surface area contributed by atoms with E-state index in [2.05, 4.69) is 9.97 Å². The number of amides is 2. The lowest BCUT2D eigenvalue weighted by molar-refractivity contribution is -0.128. The van der Waals surface area contributed by atoms with E-state index in [4.69, 9.17) is 21.5 Å². The van der Waals surface area contributed by atoms with Gasteiger partial charge in [0.25, 0.3) is 12.4 Å². The number of imidazole rings is 1. The molecule has 172 valence electrons. The number of carbonyl (C=O) groups is 3. The van der Waals surface area contributed by atoms with Crippen LogP contribution >= 0.6 is 11.6 Å². The Morgan fingerprint density at radius 1 is 1.15 bits per heavy atom. The fraction of sp³-hybridized carbons (Fsp3) is 0.348. The molecule has 2 fully saturated rings. The zero-order valence-electron chi connectivity index (χ0n) is 17.9. The number of aromatic nitrogens is 3. The molecule has 5 heterocycles. The van der Waals surface area contributed by atoms with Crippen LogP contribution in [0.2, 0.25) is 5.02 Å². The van der Waals surface area contributed by atoms with Gasteiger partial charge in [0.05, 0.1) is 5.02 Å². The van der Waals surface area contributed by atoms with Gasteiger partial charge < -0.3 is 19.3 Å². The second kappa shape index (κ2) is 9.58. The van der Waals surface area contributed by atoms with Crippen LogP contribution in [0.5, 0.6) is 0 Å². The summed E-state index contributed by atoms with van der Waals surface area (Å²) in [5.74, 6) is 0.131. The average Bonchev–Trinajstić information content (AvgIpc) is 3.35. The fourth-order valence-corrected chi connectivity index (χ4v) is 4.75. The number of piperidine rings is 1. The number of likely N-dealkylation sites (tertiary alicyclic amines) is 2. The van der Waals surface area contributed by atoms with E-state index >= 15 is 0 Å². The van der Waals surface area contributed by atoms with E-state index in [-0.39, 0.29) is 23.7 Å². The van der Waals surface area contributed by atoms with Crippen molar-refractivity contribution in [1.82, 2.24) is 24.2 Å². The summed E-state index contributed by atoms with van der Waals surface area (Å²) in [4.78, 5) is 46.2. The lowest BCUT2D eigenvalue weighted by Crippen LogP contribution is -2.44. The van der Waals surface area contributed by atoms with Crippen LogP contribution in [0.1, 0.15) is 35.3 Å². The first-order valence-corrected chi connectivity index (χ1v) is 11.0. The van der Waals surface area contributed by atoms with Gasteiger partial charge in [0, 0.05) is 62.8 Å². The Kier molecular flexibility index (Phi) is 6.60. The molecule has 0 aromatic carbocycles. The van der Waals surface area contributed by atoms with Crippen LogP contribution in [0.25, 0.3) is 5.65 Å². The minimum atomic E-state index is -0.250. The number of hydrogen-bond acceptors (Lipinski definition) is 5. The Balaban J connectivity index is 0.000000821. The average molecular weight is 470 g/mol. The van der Waals surface area contributed by atoms with Gasteiger partial charge in [-0.3, -0.25) is 19.4 Å². The van der Waals surface area contributed by atoms with Gasteiger partial charge in [-0.15, -0.1) is 0 Å². The van der Waals surface area contributed by atoms with Crippen LogP contribution in [-0.4, -0.2) is 67.2 Å². The molecule has 0 radical (unpaired) electrons.